The molecular weight excluding hydrogens is 274 g/mol. The second-order valence-corrected chi connectivity index (χ2v) is 5.90. The Bertz CT molecular complexity index is 583. The molecule has 0 saturated heterocycles. The lowest BCUT2D eigenvalue weighted by Crippen LogP contribution is -2.87. The Hall–Kier alpha value is -1.84. The lowest BCUT2D eigenvalue weighted by molar-refractivity contribution is -0.698. The van der Waals surface area contributed by atoms with E-state index in [1.165, 1.54) is 11.1 Å². The number of rotatable bonds is 7. The number of aryl methyl sites for hydroxylation is 2. The predicted molar refractivity (Wildman–Crippen MR) is 89.1 cm³/mol. The summed E-state index contributed by atoms with van der Waals surface area (Å²) in [6.07, 6.45) is -0.480. The fourth-order valence-electron chi connectivity index (χ4n) is 2.37. The number of hydrogen-bond donors (Lipinski definition) is 2. The molecule has 0 aliphatic rings. The van der Waals surface area contributed by atoms with Crippen LogP contribution in [0.3, 0.4) is 0 Å². The molecule has 0 unspecified atom stereocenters. The van der Waals surface area contributed by atoms with Crippen LogP contribution in [-0.4, -0.2) is 24.4 Å². The lowest BCUT2D eigenvalue weighted by atomic mass is 10.1. The standard InChI is InChI=1S/C19H25NO2/c1-14-9-10-15(2)19(11-14)22-13-18(21)12-20-16(3)17-7-5-4-6-8-17/h4-11,16,18,20-21H,12-13H2,1-3H3/p+1/t16-,18+/m1/s1. The molecule has 0 fully saturated rings. The summed E-state index contributed by atoms with van der Waals surface area (Å²) in [7, 11) is 0. The third-order valence-electron chi connectivity index (χ3n) is 3.86. The molecule has 3 N–H and O–H groups in total. The topological polar surface area (TPSA) is 46.1 Å². The molecule has 2 atom stereocenters. The van der Waals surface area contributed by atoms with Gasteiger partial charge in [0.15, 0.2) is 0 Å². The average molecular weight is 300 g/mol. The highest BCUT2D eigenvalue weighted by Gasteiger charge is 2.13. The van der Waals surface area contributed by atoms with Crippen molar-refractivity contribution in [1.29, 1.82) is 0 Å². The van der Waals surface area contributed by atoms with Crippen LogP contribution < -0.4 is 10.1 Å². The van der Waals surface area contributed by atoms with E-state index in [9.17, 15) is 5.11 Å². The van der Waals surface area contributed by atoms with Gasteiger partial charge in [0.05, 0.1) is 0 Å². The van der Waals surface area contributed by atoms with Gasteiger partial charge in [0, 0.05) is 5.56 Å². The Morgan fingerprint density at radius 3 is 2.55 bits per heavy atom. The van der Waals surface area contributed by atoms with Crippen molar-refractivity contribution < 1.29 is 15.2 Å². The quantitative estimate of drug-likeness (QED) is 0.824. The summed E-state index contributed by atoms with van der Waals surface area (Å²) in [6, 6.07) is 16.8. The minimum absolute atomic E-state index is 0.322. The van der Waals surface area contributed by atoms with E-state index in [-0.39, 0.29) is 0 Å². The molecule has 118 valence electrons. The number of nitrogens with two attached hydrogens (primary N) is 1. The molecule has 3 nitrogen and oxygen atoms in total. The van der Waals surface area contributed by atoms with E-state index in [0.29, 0.717) is 19.2 Å². The third-order valence-corrected chi connectivity index (χ3v) is 3.86. The van der Waals surface area contributed by atoms with Crippen molar-refractivity contribution in [3.05, 3.63) is 65.2 Å². The van der Waals surface area contributed by atoms with E-state index in [1.54, 1.807) is 0 Å². The molecule has 0 aliphatic carbocycles. The van der Waals surface area contributed by atoms with Gasteiger partial charge in [-0.2, -0.15) is 0 Å². The van der Waals surface area contributed by atoms with E-state index < -0.39 is 6.10 Å². The van der Waals surface area contributed by atoms with Crippen LogP contribution in [0.5, 0.6) is 5.75 Å². The number of ether oxygens (including phenoxy) is 1. The maximum atomic E-state index is 10.1. The van der Waals surface area contributed by atoms with E-state index in [2.05, 4.69) is 30.4 Å². The maximum Gasteiger partial charge on any atom is 0.137 e. The summed E-state index contributed by atoms with van der Waals surface area (Å²) in [5.41, 5.74) is 3.53. The zero-order chi connectivity index (χ0) is 15.9. The molecule has 0 saturated carbocycles. The van der Waals surface area contributed by atoms with Crippen molar-refractivity contribution in [1.82, 2.24) is 0 Å². The molecule has 0 amide bonds. The summed E-state index contributed by atoms with van der Waals surface area (Å²) < 4.78 is 5.75. The van der Waals surface area contributed by atoms with E-state index >= 15 is 0 Å². The molecule has 2 aromatic rings. The first-order chi connectivity index (χ1) is 10.6. The van der Waals surface area contributed by atoms with Gasteiger partial charge < -0.3 is 15.2 Å². The average Bonchev–Trinajstić information content (AvgIpc) is 2.54. The van der Waals surface area contributed by atoms with Gasteiger partial charge in [0.1, 0.15) is 31.0 Å². The summed E-state index contributed by atoms with van der Waals surface area (Å²) >= 11 is 0. The zero-order valence-electron chi connectivity index (χ0n) is 13.6. The fraction of sp³-hybridized carbons (Fsp3) is 0.368. The molecule has 22 heavy (non-hydrogen) atoms. The summed E-state index contributed by atoms with van der Waals surface area (Å²) in [5, 5.41) is 12.3. The van der Waals surface area contributed by atoms with Crippen LogP contribution in [0.1, 0.15) is 29.7 Å². The van der Waals surface area contributed by atoms with Gasteiger partial charge in [-0.05, 0) is 38.0 Å². The van der Waals surface area contributed by atoms with Crippen molar-refractivity contribution in [2.75, 3.05) is 13.2 Å². The minimum atomic E-state index is -0.480. The Kier molecular flexibility index (Phi) is 5.99. The summed E-state index contributed by atoms with van der Waals surface area (Å²) in [4.78, 5) is 0. The van der Waals surface area contributed by atoms with Crippen LogP contribution in [0.25, 0.3) is 0 Å². The first-order valence-electron chi connectivity index (χ1n) is 7.82. The fourth-order valence-corrected chi connectivity index (χ4v) is 2.37. The number of quaternary nitrogens is 1. The molecule has 0 spiro atoms. The van der Waals surface area contributed by atoms with Crippen molar-refractivity contribution in [3.8, 4) is 5.75 Å². The van der Waals surface area contributed by atoms with Gasteiger partial charge in [-0.3, -0.25) is 0 Å². The normalized spacial score (nSPS) is 13.6. The highest BCUT2D eigenvalue weighted by molar-refractivity contribution is 5.35. The number of benzene rings is 2. The van der Waals surface area contributed by atoms with Gasteiger partial charge in [-0.25, -0.2) is 0 Å². The van der Waals surface area contributed by atoms with Crippen molar-refractivity contribution in [3.63, 3.8) is 0 Å². The van der Waals surface area contributed by atoms with Crippen LogP contribution in [0.15, 0.2) is 48.5 Å². The number of hydrogen-bond acceptors (Lipinski definition) is 2. The summed E-state index contributed by atoms with van der Waals surface area (Å²) in [6.45, 7) is 7.15. The lowest BCUT2D eigenvalue weighted by Gasteiger charge is -2.16. The SMILES string of the molecule is Cc1ccc(C)c(OC[C@@H](O)C[NH2+][C@H](C)c2ccccc2)c1. The molecule has 2 aromatic carbocycles. The highest BCUT2D eigenvalue weighted by atomic mass is 16.5. The molecule has 0 aliphatic heterocycles. The second-order valence-electron chi connectivity index (χ2n) is 5.90. The smallest absolute Gasteiger partial charge is 0.137 e. The molecule has 2 rings (SSSR count). The molecule has 0 heterocycles. The van der Waals surface area contributed by atoms with Crippen LogP contribution >= 0.6 is 0 Å². The van der Waals surface area contributed by atoms with E-state index in [1.807, 2.05) is 44.2 Å². The van der Waals surface area contributed by atoms with Gasteiger partial charge in [-0.15, -0.1) is 0 Å². The molecule has 0 bridgehead atoms. The van der Waals surface area contributed by atoms with E-state index in [4.69, 9.17) is 4.74 Å². The van der Waals surface area contributed by atoms with Gasteiger partial charge in [0.25, 0.3) is 0 Å². The van der Waals surface area contributed by atoms with Gasteiger partial charge in [-0.1, -0.05) is 42.5 Å². The maximum absolute atomic E-state index is 10.1. The van der Waals surface area contributed by atoms with Crippen LogP contribution in [0, 0.1) is 13.8 Å². The Labute approximate surface area is 133 Å². The second kappa shape index (κ2) is 7.97. The number of aliphatic hydroxyl groups excluding tert-OH is 1. The third kappa shape index (κ3) is 4.86. The molecule has 0 aromatic heterocycles. The highest BCUT2D eigenvalue weighted by Crippen LogP contribution is 2.19. The van der Waals surface area contributed by atoms with Gasteiger partial charge >= 0.3 is 0 Å². The van der Waals surface area contributed by atoms with Gasteiger partial charge in [0.2, 0.25) is 0 Å². The van der Waals surface area contributed by atoms with Crippen molar-refractivity contribution >= 4 is 0 Å². The molecule has 3 heteroatoms. The summed E-state index contributed by atoms with van der Waals surface area (Å²) in [5.74, 6) is 0.857. The first kappa shape index (κ1) is 16.5. The van der Waals surface area contributed by atoms with Crippen molar-refractivity contribution in [2.45, 2.75) is 32.9 Å². The predicted octanol–water partition coefficient (Wildman–Crippen LogP) is 2.37. The first-order valence-corrected chi connectivity index (χ1v) is 7.82. The van der Waals surface area contributed by atoms with Crippen LogP contribution in [0.2, 0.25) is 0 Å². The monoisotopic (exact) mass is 300 g/mol. The Balaban J connectivity index is 1.78. The zero-order valence-corrected chi connectivity index (χ0v) is 13.6. The minimum Gasteiger partial charge on any atom is -0.490 e. The van der Waals surface area contributed by atoms with Crippen LogP contribution in [-0.2, 0) is 0 Å². The molecular formula is C19H26NO2+. The largest absolute Gasteiger partial charge is 0.490 e. The van der Waals surface area contributed by atoms with E-state index in [0.717, 1.165) is 11.3 Å². The Morgan fingerprint density at radius 1 is 1.09 bits per heavy atom. The number of aliphatic hydroxyl groups is 1. The van der Waals surface area contributed by atoms with Crippen molar-refractivity contribution in [2.24, 2.45) is 0 Å². The Morgan fingerprint density at radius 2 is 1.82 bits per heavy atom. The molecule has 0 radical (unpaired) electrons. The van der Waals surface area contributed by atoms with Crippen LogP contribution in [0.4, 0.5) is 0 Å².